The molecule has 1 aromatic carbocycles. The first kappa shape index (κ1) is 16.8. The van der Waals surface area contributed by atoms with Crippen LogP contribution in [0.15, 0.2) is 35.7 Å². The number of hydrogen-bond donors (Lipinski definition) is 1. The van der Waals surface area contributed by atoms with Crippen molar-refractivity contribution in [2.45, 2.75) is 0 Å². The molecule has 0 aliphatic carbocycles. The first-order chi connectivity index (χ1) is 11.6. The summed E-state index contributed by atoms with van der Waals surface area (Å²) < 4.78 is 11.2. The van der Waals surface area contributed by atoms with Gasteiger partial charge in [-0.25, -0.2) is 4.98 Å². The van der Waals surface area contributed by atoms with E-state index >= 15 is 0 Å². The second kappa shape index (κ2) is 7.21. The van der Waals surface area contributed by atoms with E-state index in [1.807, 2.05) is 17.5 Å². The van der Waals surface area contributed by atoms with E-state index in [0.717, 1.165) is 10.6 Å². The molecule has 0 saturated heterocycles. The molecule has 1 amide bonds. The zero-order chi connectivity index (χ0) is 17.1. The van der Waals surface area contributed by atoms with E-state index in [1.165, 1.54) is 36.9 Å². The van der Waals surface area contributed by atoms with Gasteiger partial charge in [-0.1, -0.05) is 17.7 Å². The summed E-state index contributed by atoms with van der Waals surface area (Å²) in [6, 6.07) is 8.89. The van der Waals surface area contributed by atoms with Crippen LogP contribution in [0, 0.1) is 0 Å². The third-order valence-corrected chi connectivity index (χ3v) is 5.22. The number of benzene rings is 1. The van der Waals surface area contributed by atoms with Crippen molar-refractivity contribution < 1.29 is 14.3 Å². The van der Waals surface area contributed by atoms with Crippen LogP contribution in [0.4, 0.5) is 5.13 Å². The van der Waals surface area contributed by atoms with Crippen molar-refractivity contribution in [1.82, 2.24) is 4.98 Å². The van der Waals surface area contributed by atoms with Crippen LogP contribution in [0.5, 0.6) is 11.5 Å². The molecule has 124 valence electrons. The second-order valence-corrected chi connectivity index (χ2v) is 7.21. The normalized spacial score (nSPS) is 10.5. The zero-order valence-corrected chi connectivity index (χ0v) is 15.2. The zero-order valence-electron chi connectivity index (χ0n) is 12.8. The number of nitrogens with one attached hydrogen (secondary N) is 1. The predicted molar refractivity (Wildman–Crippen MR) is 97.9 cm³/mol. The maximum absolute atomic E-state index is 12.6. The van der Waals surface area contributed by atoms with E-state index in [4.69, 9.17) is 21.1 Å². The highest BCUT2D eigenvalue weighted by Crippen LogP contribution is 2.34. The van der Waals surface area contributed by atoms with Crippen molar-refractivity contribution in [1.29, 1.82) is 0 Å². The molecule has 8 heteroatoms. The van der Waals surface area contributed by atoms with Crippen molar-refractivity contribution >= 4 is 45.3 Å². The van der Waals surface area contributed by atoms with Crippen molar-refractivity contribution in [2.24, 2.45) is 0 Å². The summed E-state index contributed by atoms with van der Waals surface area (Å²) in [6.07, 6.45) is 0. The van der Waals surface area contributed by atoms with Crippen molar-refractivity contribution in [3.63, 3.8) is 0 Å². The lowest BCUT2D eigenvalue weighted by Gasteiger charge is -2.11. The quantitative estimate of drug-likeness (QED) is 0.691. The van der Waals surface area contributed by atoms with E-state index in [0.29, 0.717) is 26.5 Å². The summed E-state index contributed by atoms with van der Waals surface area (Å²) in [4.78, 5) is 18.0. The molecule has 2 aromatic heterocycles. The number of anilines is 1. The average molecular weight is 381 g/mol. The van der Waals surface area contributed by atoms with Crippen LogP contribution in [0.3, 0.4) is 0 Å². The van der Waals surface area contributed by atoms with Gasteiger partial charge in [0, 0.05) is 5.38 Å². The molecule has 0 aliphatic rings. The van der Waals surface area contributed by atoms with Crippen LogP contribution in [-0.4, -0.2) is 25.1 Å². The minimum absolute atomic E-state index is 0.332. The lowest BCUT2D eigenvalue weighted by atomic mass is 10.1. The summed E-state index contributed by atoms with van der Waals surface area (Å²) in [5.41, 5.74) is 1.11. The number of nitrogens with zero attached hydrogens (tertiary/aromatic N) is 1. The van der Waals surface area contributed by atoms with Gasteiger partial charge in [-0.05, 0) is 24.3 Å². The first-order valence-electron chi connectivity index (χ1n) is 6.86. The van der Waals surface area contributed by atoms with Crippen LogP contribution in [0.1, 0.15) is 10.4 Å². The molecule has 0 unspecified atom stereocenters. The van der Waals surface area contributed by atoms with Gasteiger partial charge < -0.3 is 9.47 Å². The lowest BCUT2D eigenvalue weighted by Crippen LogP contribution is -2.14. The number of thiazole rings is 1. The maximum Gasteiger partial charge on any atom is 0.265 e. The number of amides is 1. The van der Waals surface area contributed by atoms with Gasteiger partial charge in [0.1, 0.15) is 17.1 Å². The molecule has 3 rings (SSSR count). The first-order valence-corrected chi connectivity index (χ1v) is 8.93. The topological polar surface area (TPSA) is 60.5 Å². The fourth-order valence-electron chi connectivity index (χ4n) is 2.13. The number of halogens is 1. The number of rotatable bonds is 5. The Hall–Kier alpha value is -2.09. The Kier molecular flexibility index (Phi) is 5.03. The Morgan fingerprint density at radius 1 is 1.17 bits per heavy atom. The van der Waals surface area contributed by atoms with E-state index < -0.39 is 0 Å². The van der Waals surface area contributed by atoms with Crippen LogP contribution in [-0.2, 0) is 0 Å². The molecule has 3 aromatic rings. The van der Waals surface area contributed by atoms with Gasteiger partial charge in [0.15, 0.2) is 5.13 Å². The predicted octanol–water partition coefficient (Wildman–Crippen LogP) is 4.79. The number of aromatic nitrogens is 1. The van der Waals surface area contributed by atoms with Gasteiger partial charge in [0.2, 0.25) is 0 Å². The Morgan fingerprint density at radius 2 is 1.88 bits per heavy atom. The van der Waals surface area contributed by atoms with Crippen molar-refractivity contribution in [2.75, 3.05) is 19.5 Å². The minimum Gasteiger partial charge on any atom is -0.496 e. The van der Waals surface area contributed by atoms with Crippen LogP contribution in [0.2, 0.25) is 4.34 Å². The molecular weight excluding hydrogens is 368 g/mol. The fourth-order valence-corrected chi connectivity index (χ4v) is 3.91. The molecular formula is C16H13ClN2O3S2. The number of carbonyl (C=O) groups excluding carboxylic acids is 1. The molecule has 24 heavy (non-hydrogen) atoms. The molecule has 5 nitrogen and oxygen atoms in total. The van der Waals surface area contributed by atoms with E-state index in [-0.39, 0.29) is 5.91 Å². The molecule has 0 fully saturated rings. The molecule has 0 spiro atoms. The van der Waals surface area contributed by atoms with Gasteiger partial charge in [0.25, 0.3) is 5.91 Å². The summed E-state index contributed by atoms with van der Waals surface area (Å²) >= 11 is 8.73. The van der Waals surface area contributed by atoms with Gasteiger partial charge in [-0.2, -0.15) is 0 Å². The smallest absolute Gasteiger partial charge is 0.265 e. The molecule has 0 radical (unpaired) electrons. The summed E-state index contributed by atoms with van der Waals surface area (Å²) in [7, 11) is 3.02. The van der Waals surface area contributed by atoms with Crippen LogP contribution >= 0.6 is 34.3 Å². The minimum atomic E-state index is -0.339. The van der Waals surface area contributed by atoms with Gasteiger partial charge in [-0.15, -0.1) is 22.7 Å². The van der Waals surface area contributed by atoms with Gasteiger partial charge in [-0.3, -0.25) is 10.1 Å². The second-order valence-electron chi connectivity index (χ2n) is 4.63. The number of hydrogen-bond acceptors (Lipinski definition) is 6. The largest absolute Gasteiger partial charge is 0.496 e. The number of thiophene rings is 1. The Labute approximate surface area is 151 Å². The van der Waals surface area contributed by atoms with E-state index in [1.54, 1.807) is 18.2 Å². The summed E-state index contributed by atoms with van der Waals surface area (Å²) in [5, 5.41) is 5.15. The van der Waals surface area contributed by atoms with Gasteiger partial charge >= 0.3 is 0 Å². The Balaban J connectivity index is 1.85. The Bertz CT molecular complexity index is 854. The van der Waals surface area contributed by atoms with Crippen molar-refractivity contribution in [3.05, 3.63) is 45.6 Å². The Morgan fingerprint density at radius 3 is 2.46 bits per heavy atom. The number of carbonyl (C=O) groups is 1. The molecule has 0 bridgehead atoms. The number of ether oxygens (including phenoxy) is 2. The SMILES string of the molecule is COc1cccc(OC)c1C(=O)Nc1nc(-c2ccc(Cl)s2)cs1. The third-order valence-electron chi connectivity index (χ3n) is 3.21. The third kappa shape index (κ3) is 3.38. The van der Waals surface area contributed by atoms with E-state index in [2.05, 4.69) is 10.3 Å². The summed E-state index contributed by atoms with van der Waals surface area (Å²) in [6.45, 7) is 0. The fraction of sp³-hybridized carbons (Fsp3) is 0.125. The lowest BCUT2D eigenvalue weighted by molar-refractivity contribution is 0.102. The van der Waals surface area contributed by atoms with Crippen molar-refractivity contribution in [3.8, 4) is 22.1 Å². The molecule has 0 atom stereocenters. The highest BCUT2D eigenvalue weighted by molar-refractivity contribution is 7.20. The van der Waals surface area contributed by atoms with Gasteiger partial charge in [0.05, 0.1) is 29.1 Å². The molecule has 0 saturated carbocycles. The summed E-state index contributed by atoms with van der Waals surface area (Å²) in [5.74, 6) is 0.539. The van der Waals surface area contributed by atoms with E-state index in [9.17, 15) is 4.79 Å². The van der Waals surface area contributed by atoms with Crippen LogP contribution < -0.4 is 14.8 Å². The maximum atomic E-state index is 12.6. The molecule has 0 aliphatic heterocycles. The van der Waals surface area contributed by atoms with Crippen LogP contribution in [0.25, 0.3) is 10.6 Å². The molecule has 2 heterocycles. The standard InChI is InChI=1S/C16H13ClN2O3S2/c1-21-10-4-3-5-11(22-2)14(10)15(20)19-16-18-9(8-23-16)12-6-7-13(17)24-12/h3-8H,1-2H3,(H,18,19,20). The average Bonchev–Trinajstić information content (AvgIpc) is 3.22. The molecule has 1 N–H and O–H groups in total. The highest BCUT2D eigenvalue weighted by atomic mass is 35.5. The monoisotopic (exact) mass is 380 g/mol. The highest BCUT2D eigenvalue weighted by Gasteiger charge is 2.19. The number of methoxy groups -OCH3 is 2.